The van der Waals surface area contributed by atoms with Gasteiger partial charge in [0.2, 0.25) is 0 Å². The first kappa shape index (κ1) is 13.8. The molecule has 2 nitrogen and oxygen atoms in total. The molecule has 3 rings (SSSR count). The molecule has 0 aromatic heterocycles. The van der Waals surface area contributed by atoms with Gasteiger partial charge in [-0.15, -0.1) is 0 Å². The Balaban J connectivity index is 1.57. The fraction of sp³-hybridized carbons (Fsp3) is 0.938. The highest BCUT2D eigenvalue weighted by atomic mass is 32.2. The minimum atomic E-state index is 0.462. The summed E-state index contributed by atoms with van der Waals surface area (Å²) >= 11 is 1.96. The van der Waals surface area contributed by atoms with Gasteiger partial charge in [0.05, 0.1) is 0 Å². The van der Waals surface area contributed by atoms with Gasteiger partial charge in [-0.3, -0.25) is 4.99 Å². The molecule has 1 heterocycles. The van der Waals surface area contributed by atoms with Crippen LogP contribution >= 0.6 is 11.8 Å². The van der Waals surface area contributed by atoms with E-state index >= 15 is 0 Å². The highest BCUT2D eigenvalue weighted by Gasteiger charge is 2.64. The van der Waals surface area contributed by atoms with Crippen molar-refractivity contribution in [3.63, 3.8) is 0 Å². The minimum absolute atomic E-state index is 0.462. The second-order valence-electron chi connectivity index (χ2n) is 7.75. The third kappa shape index (κ3) is 2.32. The molecule has 3 heteroatoms. The summed E-state index contributed by atoms with van der Waals surface area (Å²) < 4.78 is 0. The number of amidine groups is 1. The van der Waals surface area contributed by atoms with E-state index in [1.807, 2.05) is 11.8 Å². The Kier molecular flexibility index (Phi) is 3.40. The molecule has 19 heavy (non-hydrogen) atoms. The molecular formula is C16H28N2S. The maximum absolute atomic E-state index is 4.90. The Bertz CT molecular complexity index is 372. The standard InChI is InChI=1S/C16H28N2S/c1-15(2)13(16(15,3)4)9-17-14-18-12-8-6-5-7-11(12)10-19-14/h11-13H,5-10H2,1-4H3,(H,17,18). The van der Waals surface area contributed by atoms with Crippen LogP contribution in [-0.2, 0) is 0 Å². The van der Waals surface area contributed by atoms with Gasteiger partial charge in [0.15, 0.2) is 5.17 Å². The van der Waals surface area contributed by atoms with Crippen molar-refractivity contribution in [2.45, 2.75) is 59.4 Å². The number of rotatable bonds is 2. The van der Waals surface area contributed by atoms with Gasteiger partial charge >= 0.3 is 0 Å². The Morgan fingerprint density at radius 1 is 1.16 bits per heavy atom. The molecule has 0 amide bonds. The van der Waals surface area contributed by atoms with E-state index in [2.05, 4.69) is 33.0 Å². The predicted molar refractivity (Wildman–Crippen MR) is 84.7 cm³/mol. The van der Waals surface area contributed by atoms with Crippen LogP contribution in [0.4, 0.5) is 0 Å². The van der Waals surface area contributed by atoms with Crippen molar-refractivity contribution in [3.8, 4) is 0 Å². The molecule has 2 aliphatic carbocycles. The zero-order chi connectivity index (χ0) is 13.7. The maximum atomic E-state index is 4.90. The molecular weight excluding hydrogens is 252 g/mol. The second kappa shape index (κ2) is 4.68. The topological polar surface area (TPSA) is 24.4 Å². The van der Waals surface area contributed by atoms with E-state index in [9.17, 15) is 0 Å². The van der Waals surface area contributed by atoms with Crippen molar-refractivity contribution < 1.29 is 0 Å². The van der Waals surface area contributed by atoms with Crippen molar-refractivity contribution >= 4 is 16.9 Å². The number of thioether (sulfide) groups is 1. The van der Waals surface area contributed by atoms with Crippen molar-refractivity contribution in [3.05, 3.63) is 0 Å². The van der Waals surface area contributed by atoms with Gasteiger partial charge < -0.3 is 5.32 Å². The highest BCUT2D eigenvalue weighted by Crippen LogP contribution is 2.68. The Labute approximate surface area is 122 Å². The van der Waals surface area contributed by atoms with Crippen LogP contribution < -0.4 is 5.32 Å². The first-order valence-electron chi connectivity index (χ1n) is 7.86. The molecule has 108 valence electrons. The lowest BCUT2D eigenvalue weighted by molar-refractivity contribution is 0.311. The number of aliphatic imine (C=N–C) groups is 1. The molecule has 0 radical (unpaired) electrons. The van der Waals surface area contributed by atoms with Crippen molar-refractivity contribution in [2.24, 2.45) is 27.7 Å². The SMILES string of the molecule is CC1(C)C(CN=C2NC3CCCCC3CS2)C1(C)C. The van der Waals surface area contributed by atoms with E-state index < -0.39 is 0 Å². The average molecular weight is 280 g/mol. The molecule has 0 bridgehead atoms. The first-order chi connectivity index (χ1) is 8.93. The lowest BCUT2D eigenvalue weighted by Gasteiger charge is -2.36. The molecule has 0 aromatic rings. The zero-order valence-electron chi connectivity index (χ0n) is 12.8. The van der Waals surface area contributed by atoms with Gasteiger partial charge in [0, 0.05) is 18.3 Å². The van der Waals surface area contributed by atoms with E-state index in [-0.39, 0.29) is 0 Å². The second-order valence-corrected chi connectivity index (χ2v) is 8.76. The Morgan fingerprint density at radius 2 is 1.84 bits per heavy atom. The number of nitrogens with one attached hydrogen (secondary N) is 1. The van der Waals surface area contributed by atoms with Crippen molar-refractivity contribution in [2.75, 3.05) is 12.3 Å². The highest BCUT2D eigenvalue weighted by molar-refractivity contribution is 8.13. The molecule has 3 fully saturated rings. The van der Waals surface area contributed by atoms with Crippen LogP contribution in [0.5, 0.6) is 0 Å². The minimum Gasteiger partial charge on any atom is -0.362 e. The maximum Gasteiger partial charge on any atom is 0.156 e. The summed E-state index contributed by atoms with van der Waals surface area (Å²) in [4.78, 5) is 4.90. The molecule has 0 spiro atoms. The van der Waals surface area contributed by atoms with Gasteiger partial charge in [-0.1, -0.05) is 52.3 Å². The van der Waals surface area contributed by atoms with Crippen LogP contribution in [0.2, 0.25) is 0 Å². The molecule has 0 aromatic carbocycles. The quantitative estimate of drug-likeness (QED) is 0.829. The number of fused-ring (bicyclic) bond motifs is 1. The normalized spacial score (nSPS) is 38.6. The fourth-order valence-corrected chi connectivity index (χ4v) is 5.21. The van der Waals surface area contributed by atoms with E-state index in [0.29, 0.717) is 16.9 Å². The summed E-state index contributed by atoms with van der Waals surface area (Å²) in [6.45, 7) is 10.5. The summed E-state index contributed by atoms with van der Waals surface area (Å²) in [6.07, 6.45) is 5.60. The summed E-state index contributed by atoms with van der Waals surface area (Å²) in [6, 6.07) is 0.717. The fourth-order valence-electron chi connectivity index (χ4n) is 4.04. The summed E-state index contributed by atoms with van der Waals surface area (Å²) in [5.74, 6) is 2.93. The van der Waals surface area contributed by atoms with E-state index in [4.69, 9.17) is 4.99 Å². The van der Waals surface area contributed by atoms with Gasteiger partial charge in [-0.25, -0.2) is 0 Å². The third-order valence-electron chi connectivity index (χ3n) is 6.39. The smallest absolute Gasteiger partial charge is 0.156 e. The third-order valence-corrected chi connectivity index (χ3v) is 7.50. The largest absolute Gasteiger partial charge is 0.362 e. The van der Waals surface area contributed by atoms with Crippen LogP contribution in [0.15, 0.2) is 4.99 Å². The van der Waals surface area contributed by atoms with Gasteiger partial charge in [0.1, 0.15) is 0 Å². The average Bonchev–Trinajstić information content (AvgIpc) is 2.77. The summed E-state index contributed by atoms with van der Waals surface area (Å²) in [5, 5.41) is 4.93. The number of nitrogens with zero attached hydrogens (tertiary/aromatic N) is 1. The molecule has 1 aliphatic heterocycles. The lowest BCUT2D eigenvalue weighted by atomic mass is 9.86. The zero-order valence-corrected chi connectivity index (χ0v) is 13.6. The summed E-state index contributed by atoms with van der Waals surface area (Å²) in [5.41, 5.74) is 0.924. The summed E-state index contributed by atoms with van der Waals surface area (Å²) in [7, 11) is 0. The van der Waals surface area contributed by atoms with Crippen LogP contribution in [-0.4, -0.2) is 23.5 Å². The van der Waals surface area contributed by atoms with E-state index in [1.54, 1.807) is 0 Å². The van der Waals surface area contributed by atoms with Crippen LogP contribution in [0.1, 0.15) is 53.4 Å². The molecule has 2 atom stereocenters. The Hall–Kier alpha value is -0.180. The molecule has 1 saturated heterocycles. The lowest BCUT2D eigenvalue weighted by Crippen LogP contribution is -2.46. The van der Waals surface area contributed by atoms with Crippen molar-refractivity contribution in [1.82, 2.24) is 5.32 Å². The number of hydrogen-bond acceptors (Lipinski definition) is 2. The van der Waals surface area contributed by atoms with E-state index in [1.165, 1.54) is 36.6 Å². The van der Waals surface area contributed by atoms with Crippen LogP contribution in [0.25, 0.3) is 0 Å². The molecule has 3 aliphatic rings. The van der Waals surface area contributed by atoms with Crippen LogP contribution in [0.3, 0.4) is 0 Å². The monoisotopic (exact) mass is 280 g/mol. The first-order valence-corrected chi connectivity index (χ1v) is 8.85. The molecule has 2 saturated carbocycles. The van der Waals surface area contributed by atoms with Crippen LogP contribution in [0, 0.1) is 22.7 Å². The molecule has 1 N–H and O–H groups in total. The van der Waals surface area contributed by atoms with Gasteiger partial charge in [0.25, 0.3) is 0 Å². The molecule has 2 unspecified atom stereocenters. The number of hydrogen-bond donors (Lipinski definition) is 1. The van der Waals surface area contributed by atoms with Gasteiger partial charge in [-0.05, 0) is 35.5 Å². The van der Waals surface area contributed by atoms with E-state index in [0.717, 1.165) is 18.4 Å². The van der Waals surface area contributed by atoms with Gasteiger partial charge in [-0.2, -0.15) is 0 Å². The Morgan fingerprint density at radius 3 is 2.53 bits per heavy atom. The predicted octanol–water partition coefficient (Wildman–Crippen LogP) is 3.92. The van der Waals surface area contributed by atoms with Crippen molar-refractivity contribution in [1.29, 1.82) is 0 Å².